The monoisotopic (exact) mass is 653 g/mol. The minimum absolute atomic E-state index is 0.685. The van der Waals surface area contributed by atoms with E-state index in [1.54, 1.807) is 0 Å². The zero-order chi connectivity index (χ0) is 34.3. The summed E-state index contributed by atoms with van der Waals surface area (Å²) in [4.78, 5) is 10.5. The summed E-state index contributed by atoms with van der Waals surface area (Å²) in [5.41, 5.74) is 15.3. The van der Waals surface area contributed by atoms with E-state index in [9.17, 15) is 0 Å². The first kappa shape index (κ1) is 30.5. The van der Waals surface area contributed by atoms with Gasteiger partial charge < -0.3 is 4.57 Å². The van der Waals surface area contributed by atoms with Crippen molar-refractivity contribution >= 4 is 21.8 Å². The lowest BCUT2D eigenvalue weighted by molar-refractivity contribution is 1.16. The van der Waals surface area contributed by atoms with Crippen LogP contribution in [0.3, 0.4) is 0 Å². The number of fused-ring (bicyclic) bond motifs is 3. The van der Waals surface area contributed by atoms with Crippen LogP contribution in [-0.4, -0.2) is 14.5 Å². The van der Waals surface area contributed by atoms with Gasteiger partial charge in [0.15, 0.2) is 5.82 Å². The van der Waals surface area contributed by atoms with E-state index < -0.39 is 0 Å². The highest BCUT2D eigenvalue weighted by Gasteiger charge is 2.23. The molecule has 0 amide bonds. The van der Waals surface area contributed by atoms with Crippen molar-refractivity contribution in [3.8, 4) is 61.8 Å². The average Bonchev–Trinajstić information content (AvgIpc) is 3.50. The molecule has 242 valence electrons. The van der Waals surface area contributed by atoms with E-state index >= 15 is 0 Å². The molecule has 2 heterocycles. The van der Waals surface area contributed by atoms with Crippen LogP contribution in [0.15, 0.2) is 176 Å². The first-order valence-corrected chi connectivity index (χ1v) is 17.4. The Morgan fingerprint density at radius 2 is 0.765 bits per heavy atom. The molecular weight excluding hydrogens is 619 g/mol. The lowest BCUT2D eigenvalue weighted by Gasteiger charge is -2.21. The lowest BCUT2D eigenvalue weighted by Crippen LogP contribution is -2.03. The van der Waals surface area contributed by atoms with Gasteiger partial charge >= 0.3 is 0 Å². The fourth-order valence-electron chi connectivity index (χ4n) is 7.26. The molecule has 2 aromatic heterocycles. The highest BCUT2D eigenvalue weighted by molar-refractivity contribution is 6.11. The van der Waals surface area contributed by atoms with Gasteiger partial charge in [0, 0.05) is 38.6 Å². The van der Waals surface area contributed by atoms with Crippen LogP contribution in [0.2, 0.25) is 0 Å². The molecule has 9 aromatic rings. The summed E-state index contributed by atoms with van der Waals surface area (Å²) in [6.07, 6.45) is 0. The van der Waals surface area contributed by atoms with Crippen molar-refractivity contribution in [3.05, 3.63) is 187 Å². The first-order valence-electron chi connectivity index (χ1n) is 17.4. The van der Waals surface area contributed by atoms with Gasteiger partial charge in [0.05, 0.1) is 28.1 Å². The number of rotatable bonds is 6. The van der Waals surface area contributed by atoms with Crippen LogP contribution in [-0.2, 0) is 0 Å². The minimum atomic E-state index is 0.685. The van der Waals surface area contributed by atoms with E-state index in [0.717, 1.165) is 56.0 Å². The second-order valence-corrected chi connectivity index (χ2v) is 13.2. The zero-order valence-corrected chi connectivity index (χ0v) is 28.6. The van der Waals surface area contributed by atoms with Gasteiger partial charge in [-0.05, 0) is 67.4 Å². The molecule has 0 aliphatic rings. The van der Waals surface area contributed by atoms with Gasteiger partial charge in [-0.3, -0.25) is 0 Å². The average molecular weight is 654 g/mol. The Morgan fingerprint density at radius 1 is 0.373 bits per heavy atom. The standard InChI is InChI=1S/C48H35N3/c1-32-23-25-45-41(27-32)42-28-33(2)24-26-46(42)51(45)47-39(34-15-7-3-8-16-34)29-38(30-40(47)35-17-9-4-10-18-35)48-49-43(36-19-11-5-12-20-36)31-44(50-48)37-21-13-6-14-22-37/h3-31H,1-2H3. The summed E-state index contributed by atoms with van der Waals surface area (Å²) in [7, 11) is 0. The molecule has 0 aliphatic heterocycles. The molecule has 7 aromatic carbocycles. The molecule has 51 heavy (non-hydrogen) atoms. The van der Waals surface area contributed by atoms with E-state index in [-0.39, 0.29) is 0 Å². The van der Waals surface area contributed by atoms with E-state index in [1.165, 1.54) is 32.9 Å². The predicted molar refractivity (Wildman–Crippen MR) is 213 cm³/mol. The van der Waals surface area contributed by atoms with Crippen LogP contribution in [0.4, 0.5) is 0 Å². The van der Waals surface area contributed by atoms with E-state index in [1.807, 2.05) is 12.1 Å². The number of nitrogens with zero attached hydrogens (tertiary/aromatic N) is 3. The fraction of sp³-hybridized carbons (Fsp3) is 0.0417. The molecule has 0 N–H and O–H groups in total. The number of hydrogen-bond acceptors (Lipinski definition) is 2. The summed E-state index contributed by atoms with van der Waals surface area (Å²) in [5, 5.41) is 2.50. The molecule has 0 radical (unpaired) electrons. The molecular formula is C48H35N3. The van der Waals surface area contributed by atoms with Crippen molar-refractivity contribution in [2.24, 2.45) is 0 Å². The van der Waals surface area contributed by atoms with Crippen LogP contribution < -0.4 is 0 Å². The highest BCUT2D eigenvalue weighted by Crippen LogP contribution is 2.44. The number of aromatic nitrogens is 3. The molecule has 0 atom stereocenters. The SMILES string of the molecule is Cc1ccc2c(c1)c1cc(C)ccc1n2-c1c(-c2ccccc2)cc(-c2nc(-c3ccccc3)cc(-c3ccccc3)n2)cc1-c1ccccc1. The maximum Gasteiger partial charge on any atom is 0.160 e. The van der Waals surface area contributed by atoms with Gasteiger partial charge in [-0.15, -0.1) is 0 Å². The Kier molecular flexibility index (Phi) is 7.59. The zero-order valence-electron chi connectivity index (χ0n) is 28.6. The Morgan fingerprint density at radius 3 is 1.18 bits per heavy atom. The molecule has 0 aliphatic carbocycles. The molecule has 3 heteroatoms. The molecule has 0 saturated carbocycles. The molecule has 0 bridgehead atoms. The van der Waals surface area contributed by atoms with Crippen molar-refractivity contribution in [2.75, 3.05) is 0 Å². The number of hydrogen-bond donors (Lipinski definition) is 0. The maximum absolute atomic E-state index is 5.26. The van der Waals surface area contributed by atoms with Gasteiger partial charge in [-0.25, -0.2) is 9.97 Å². The highest BCUT2D eigenvalue weighted by atomic mass is 15.0. The predicted octanol–water partition coefficient (Wildman–Crippen LogP) is 12.5. The van der Waals surface area contributed by atoms with E-state index in [0.29, 0.717) is 5.82 Å². The normalized spacial score (nSPS) is 11.3. The van der Waals surface area contributed by atoms with E-state index in [2.05, 4.69) is 182 Å². The second kappa shape index (κ2) is 12.7. The Labute approximate surface area is 298 Å². The Balaban J connectivity index is 1.41. The van der Waals surface area contributed by atoms with Crippen LogP contribution in [0.1, 0.15) is 11.1 Å². The smallest absolute Gasteiger partial charge is 0.160 e. The quantitative estimate of drug-likeness (QED) is 0.179. The summed E-state index contributed by atoms with van der Waals surface area (Å²) in [6, 6.07) is 62.5. The number of benzene rings is 7. The van der Waals surface area contributed by atoms with Crippen molar-refractivity contribution < 1.29 is 0 Å². The molecule has 0 fully saturated rings. The second-order valence-electron chi connectivity index (χ2n) is 13.2. The molecule has 9 rings (SSSR count). The topological polar surface area (TPSA) is 30.7 Å². The molecule has 0 saturated heterocycles. The van der Waals surface area contributed by atoms with Gasteiger partial charge in [0.1, 0.15) is 0 Å². The molecule has 0 unspecified atom stereocenters. The van der Waals surface area contributed by atoms with Gasteiger partial charge in [-0.2, -0.15) is 0 Å². The summed E-state index contributed by atoms with van der Waals surface area (Å²) >= 11 is 0. The van der Waals surface area contributed by atoms with E-state index in [4.69, 9.17) is 9.97 Å². The van der Waals surface area contributed by atoms with Crippen LogP contribution in [0.25, 0.3) is 83.6 Å². The molecule has 3 nitrogen and oxygen atoms in total. The van der Waals surface area contributed by atoms with Crippen molar-refractivity contribution in [1.29, 1.82) is 0 Å². The third kappa shape index (κ3) is 5.59. The van der Waals surface area contributed by atoms with Gasteiger partial charge in [-0.1, -0.05) is 145 Å². The summed E-state index contributed by atoms with van der Waals surface area (Å²) in [5.74, 6) is 0.685. The summed E-state index contributed by atoms with van der Waals surface area (Å²) in [6.45, 7) is 4.34. The van der Waals surface area contributed by atoms with Crippen molar-refractivity contribution in [1.82, 2.24) is 14.5 Å². The van der Waals surface area contributed by atoms with Crippen molar-refractivity contribution in [3.63, 3.8) is 0 Å². The lowest BCUT2D eigenvalue weighted by atomic mass is 9.92. The van der Waals surface area contributed by atoms with Crippen LogP contribution >= 0.6 is 0 Å². The Bertz CT molecular complexity index is 2500. The third-order valence-corrected chi connectivity index (χ3v) is 9.70. The number of aryl methyl sites for hydroxylation is 2. The third-order valence-electron chi connectivity index (χ3n) is 9.70. The maximum atomic E-state index is 5.26. The van der Waals surface area contributed by atoms with Gasteiger partial charge in [0.2, 0.25) is 0 Å². The van der Waals surface area contributed by atoms with Crippen LogP contribution in [0.5, 0.6) is 0 Å². The largest absolute Gasteiger partial charge is 0.308 e. The summed E-state index contributed by atoms with van der Waals surface area (Å²) < 4.78 is 2.47. The first-order chi connectivity index (χ1) is 25.1. The van der Waals surface area contributed by atoms with Crippen LogP contribution in [0, 0.1) is 13.8 Å². The van der Waals surface area contributed by atoms with Crippen molar-refractivity contribution in [2.45, 2.75) is 13.8 Å². The Hall–Kier alpha value is -6.58. The van der Waals surface area contributed by atoms with Gasteiger partial charge in [0.25, 0.3) is 0 Å². The minimum Gasteiger partial charge on any atom is -0.308 e. The molecule has 0 spiro atoms. The fourth-order valence-corrected chi connectivity index (χ4v) is 7.26.